The SMILES string of the molecule is CCCC(CN)C1(O)CC(C)N(C)C1. The number of rotatable bonds is 4. The van der Waals surface area contributed by atoms with Crippen LogP contribution in [0.15, 0.2) is 0 Å². The van der Waals surface area contributed by atoms with Gasteiger partial charge < -0.3 is 15.7 Å². The van der Waals surface area contributed by atoms with Crippen molar-refractivity contribution in [2.75, 3.05) is 20.1 Å². The molecule has 1 fully saturated rings. The molecule has 1 aliphatic heterocycles. The molecule has 0 aromatic heterocycles. The molecule has 1 heterocycles. The smallest absolute Gasteiger partial charge is 0.0828 e. The zero-order valence-corrected chi connectivity index (χ0v) is 9.66. The van der Waals surface area contributed by atoms with E-state index in [1.165, 1.54) is 0 Å². The standard InChI is InChI=1S/C11H24N2O/c1-4-5-10(7-12)11(14)6-9(2)13(3)8-11/h9-10,14H,4-8,12H2,1-3H3. The van der Waals surface area contributed by atoms with E-state index in [9.17, 15) is 5.11 Å². The molecule has 1 saturated heterocycles. The summed E-state index contributed by atoms with van der Waals surface area (Å²) in [7, 11) is 2.07. The Morgan fingerprint density at radius 1 is 1.64 bits per heavy atom. The van der Waals surface area contributed by atoms with Crippen molar-refractivity contribution in [1.29, 1.82) is 0 Å². The van der Waals surface area contributed by atoms with Crippen molar-refractivity contribution in [1.82, 2.24) is 4.90 Å². The van der Waals surface area contributed by atoms with Crippen LogP contribution in [0.5, 0.6) is 0 Å². The van der Waals surface area contributed by atoms with E-state index in [-0.39, 0.29) is 5.92 Å². The van der Waals surface area contributed by atoms with Gasteiger partial charge in [0.2, 0.25) is 0 Å². The van der Waals surface area contributed by atoms with Crippen molar-refractivity contribution < 1.29 is 5.11 Å². The molecule has 0 radical (unpaired) electrons. The molecule has 3 nitrogen and oxygen atoms in total. The van der Waals surface area contributed by atoms with Crippen LogP contribution in [-0.2, 0) is 0 Å². The fraction of sp³-hybridized carbons (Fsp3) is 1.00. The Morgan fingerprint density at radius 2 is 2.29 bits per heavy atom. The molecule has 0 amide bonds. The number of β-amino-alcohol motifs (C(OH)–C–C–N with tert-alkyl or cyclic N) is 1. The minimum atomic E-state index is -0.543. The molecular weight excluding hydrogens is 176 g/mol. The van der Waals surface area contributed by atoms with E-state index in [1.54, 1.807) is 0 Å². The van der Waals surface area contributed by atoms with E-state index in [0.29, 0.717) is 12.6 Å². The average molecular weight is 200 g/mol. The van der Waals surface area contributed by atoms with Crippen LogP contribution in [-0.4, -0.2) is 41.8 Å². The van der Waals surface area contributed by atoms with Gasteiger partial charge in [0.15, 0.2) is 0 Å². The fourth-order valence-electron chi connectivity index (χ4n) is 2.57. The number of nitrogens with zero attached hydrogens (tertiary/aromatic N) is 1. The van der Waals surface area contributed by atoms with Crippen molar-refractivity contribution in [2.45, 2.75) is 44.8 Å². The Balaban J connectivity index is 2.64. The first kappa shape index (κ1) is 12.0. The molecular formula is C11H24N2O. The zero-order chi connectivity index (χ0) is 10.8. The molecule has 0 aromatic carbocycles. The molecule has 0 aromatic rings. The number of likely N-dealkylation sites (tertiary alicyclic amines) is 1. The van der Waals surface area contributed by atoms with Crippen molar-refractivity contribution in [3.8, 4) is 0 Å². The molecule has 1 aliphatic rings. The van der Waals surface area contributed by atoms with Crippen LogP contribution < -0.4 is 5.73 Å². The predicted octanol–water partition coefficient (Wildman–Crippen LogP) is 0.817. The number of nitrogens with two attached hydrogens (primary N) is 1. The first-order chi connectivity index (χ1) is 6.53. The second-order valence-electron chi connectivity index (χ2n) is 4.79. The maximum atomic E-state index is 10.5. The lowest BCUT2D eigenvalue weighted by atomic mass is 9.82. The number of hydrogen-bond donors (Lipinski definition) is 2. The van der Waals surface area contributed by atoms with E-state index < -0.39 is 5.60 Å². The molecule has 3 N–H and O–H groups in total. The van der Waals surface area contributed by atoms with Crippen molar-refractivity contribution in [3.05, 3.63) is 0 Å². The highest BCUT2D eigenvalue weighted by Crippen LogP contribution is 2.34. The third-order valence-electron chi connectivity index (χ3n) is 3.61. The van der Waals surface area contributed by atoms with E-state index >= 15 is 0 Å². The van der Waals surface area contributed by atoms with Crippen molar-refractivity contribution in [2.24, 2.45) is 11.7 Å². The molecule has 0 aliphatic carbocycles. The second-order valence-corrected chi connectivity index (χ2v) is 4.79. The van der Waals surface area contributed by atoms with Gasteiger partial charge in [0.25, 0.3) is 0 Å². The summed E-state index contributed by atoms with van der Waals surface area (Å²) in [4.78, 5) is 2.22. The second kappa shape index (κ2) is 4.60. The lowest BCUT2D eigenvalue weighted by Crippen LogP contribution is -2.43. The molecule has 14 heavy (non-hydrogen) atoms. The minimum absolute atomic E-state index is 0.264. The van der Waals surface area contributed by atoms with Gasteiger partial charge in [-0.15, -0.1) is 0 Å². The summed E-state index contributed by atoms with van der Waals surface area (Å²) in [5.74, 6) is 0.264. The van der Waals surface area contributed by atoms with Gasteiger partial charge in [0.1, 0.15) is 0 Å². The summed E-state index contributed by atoms with van der Waals surface area (Å²) < 4.78 is 0. The van der Waals surface area contributed by atoms with Gasteiger partial charge in [0, 0.05) is 18.5 Å². The first-order valence-electron chi connectivity index (χ1n) is 5.66. The van der Waals surface area contributed by atoms with E-state index in [1.807, 2.05) is 0 Å². The fourth-order valence-corrected chi connectivity index (χ4v) is 2.57. The Labute approximate surface area is 87.3 Å². The van der Waals surface area contributed by atoms with Crippen molar-refractivity contribution >= 4 is 0 Å². The van der Waals surface area contributed by atoms with Crippen LogP contribution in [0.4, 0.5) is 0 Å². The maximum absolute atomic E-state index is 10.5. The highest BCUT2D eigenvalue weighted by Gasteiger charge is 2.43. The van der Waals surface area contributed by atoms with Gasteiger partial charge in [-0.2, -0.15) is 0 Å². The average Bonchev–Trinajstić information content (AvgIpc) is 2.38. The largest absolute Gasteiger partial charge is 0.388 e. The van der Waals surface area contributed by atoms with Crippen LogP contribution in [0.25, 0.3) is 0 Å². The molecule has 84 valence electrons. The summed E-state index contributed by atoms with van der Waals surface area (Å²) in [5.41, 5.74) is 5.19. The monoisotopic (exact) mass is 200 g/mol. The first-order valence-corrected chi connectivity index (χ1v) is 5.66. The van der Waals surface area contributed by atoms with Gasteiger partial charge in [-0.1, -0.05) is 13.3 Å². The molecule has 1 rings (SSSR count). The molecule has 0 bridgehead atoms. The number of hydrogen-bond acceptors (Lipinski definition) is 3. The minimum Gasteiger partial charge on any atom is -0.388 e. The van der Waals surface area contributed by atoms with Crippen LogP contribution in [0.3, 0.4) is 0 Å². The summed E-state index contributed by atoms with van der Waals surface area (Å²) in [6.45, 7) is 5.69. The number of aliphatic hydroxyl groups is 1. The Bertz CT molecular complexity index is 174. The van der Waals surface area contributed by atoms with E-state index in [0.717, 1.165) is 25.8 Å². The summed E-state index contributed by atoms with van der Waals surface area (Å²) >= 11 is 0. The molecule has 0 spiro atoms. The lowest BCUT2D eigenvalue weighted by Gasteiger charge is -2.31. The topological polar surface area (TPSA) is 49.5 Å². The normalized spacial score (nSPS) is 36.2. The van der Waals surface area contributed by atoms with Crippen molar-refractivity contribution in [3.63, 3.8) is 0 Å². The molecule has 3 atom stereocenters. The van der Waals surface area contributed by atoms with Crippen LogP contribution >= 0.6 is 0 Å². The maximum Gasteiger partial charge on any atom is 0.0828 e. The quantitative estimate of drug-likeness (QED) is 0.706. The van der Waals surface area contributed by atoms with Crippen LogP contribution in [0, 0.1) is 5.92 Å². The van der Waals surface area contributed by atoms with Crippen LogP contribution in [0.1, 0.15) is 33.1 Å². The lowest BCUT2D eigenvalue weighted by molar-refractivity contribution is -0.00789. The summed E-state index contributed by atoms with van der Waals surface area (Å²) in [6, 6.07) is 0.478. The van der Waals surface area contributed by atoms with Gasteiger partial charge in [-0.05, 0) is 33.4 Å². The van der Waals surface area contributed by atoms with Gasteiger partial charge >= 0.3 is 0 Å². The van der Waals surface area contributed by atoms with E-state index in [4.69, 9.17) is 5.73 Å². The third kappa shape index (κ3) is 2.27. The van der Waals surface area contributed by atoms with Gasteiger partial charge in [-0.3, -0.25) is 0 Å². The van der Waals surface area contributed by atoms with Gasteiger partial charge in [0.05, 0.1) is 5.60 Å². The van der Waals surface area contributed by atoms with Gasteiger partial charge in [-0.25, -0.2) is 0 Å². The highest BCUT2D eigenvalue weighted by atomic mass is 16.3. The molecule has 0 saturated carbocycles. The third-order valence-corrected chi connectivity index (χ3v) is 3.61. The molecule has 3 unspecified atom stereocenters. The highest BCUT2D eigenvalue weighted by molar-refractivity contribution is 4.98. The predicted molar refractivity (Wildman–Crippen MR) is 59.1 cm³/mol. The Hall–Kier alpha value is -0.120. The van der Waals surface area contributed by atoms with E-state index in [2.05, 4.69) is 25.8 Å². The Morgan fingerprint density at radius 3 is 2.64 bits per heavy atom. The Kier molecular flexibility index (Phi) is 3.93. The van der Waals surface area contributed by atoms with Crippen LogP contribution in [0.2, 0.25) is 0 Å². The summed E-state index contributed by atoms with van der Waals surface area (Å²) in [5, 5.41) is 10.5. The summed E-state index contributed by atoms with van der Waals surface area (Å²) in [6.07, 6.45) is 3.00. The zero-order valence-electron chi connectivity index (χ0n) is 9.66. The number of likely N-dealkylation sites (N-methyl/N-ethyl adjacent to an activating group) is 1. The molecule has 3 heteroatoms.